The molecule has 16 heteroatoms. The van der Waals surface area contributed by atoms with Gasteiger partial charge in [-0.25, -0.2) is 19.2 Å². The van der Waals surface area contributed by atoms with Crippen LogP contribution in [0.3, 0.4) is 0 Å². The van der Waals surface area contributed by atoms with Crippen LogP contribution in [-0.4, -0.2) is 81.0 Å². The Hall–Kier alpha value is -5.80. The Morgan fingerprint density at radius 2 is 0.907 bits per heavy atom. The molecule has 16 nitrogen and oxygen atoms in total. The number of hydrogen-bond acceptors (Lipinski definition) is 8. The maximum Gasteiger partial charge on any atom is 0.503 e. The zero-order chi connectivity index (χ0) is 41.5. The highest BCUT2D eigenvalue weighted by atomic mass is 16.6. The van der Waals surface area contributed by atoms with Crippen LogP contribution in [0.5, 0.6) is 0 Å². The third-order valence-electron chi connectivity index (χ3n) is 8.68. The zero-order valence-electron chi connectivity index (χ0n) is 31.7. The summed E-state index contributed by atoms with van der Waals surface area (Å²) in [6, 6.07) is 18.7. The van der Waals surface area contributed by atoms with Gasteiger partial charge in [0, 0.05) is 12.8 Å². The molecule has 4 amide bonds. The van der Waals surface area contributed by atoms with Crippen molar-refractivity contribution in [2.24, 2.45) is 35.1 Å². The molecule has 0 saturated carbocycles. The van der Waals surface area contributed by atoms with Gasteiger partial charge in [-0.1, -0.05) is 114 Å². The Morgan fingerprint density at radius 3 is 1.11 bits per heavy atom. The summed E-state index contributed by atoms with van der Waals surface area (Å²) < 4.78 is 9.50. The van der Waals surface area contributed by atoms with Crippen molar-refractivity contribution >= 4 is 36.3 Å². The molecular formula is C38H56N4O12. The zero-order valence-corrected chi connectivity index (χ0v) is 31.7. The molecule has 2 aromatic rings. The lowest BCUT2D eigenvalue weighted by Crippen LogP contribution is -2.56. The van der Waals surface area contributed by atoms with Gasteiger partial charge in [0.1, 0.15) is 13.2 Å². The Kier molecular flexibility index (Phi) is 21.8. The molecule has 54 heavy (non-hydrogen) atoms. The van der Waals surface area contributed by atoms with Gasteiger partial charge >= 0.3 is 24.5 Å². The molecule has 2 fully saturated rings. The van der Waals surface area contributed by atoms with Crippen LogP contribution >= 0.6 is 0 Å². The molecule has 300 valence electrons. The minimum Gasteiger partial charge on any atom is -0.450 e. The third kappa shape index (κ3) is 19.7. The van der Waals surface area contributed by atoms with E-state index in [4.69, 9.17) is 51.0 Å². The highest BCUT2D eigenvalue weighted by Gasteiger charge is 2.46. The van der Waals surface area contributed by atoms with E-state index < -0.39 is 47.4 Å². The highest BCUT2D eigenvalue weighted by molar-refractivity contribution is 5.92. The minimum absolute atomic E-state index is 0.0178. The van der Waals surface area contributed by atoms with Gasteiger partial charge < -0.3 is 52.0 Å². The predicted octanol–water partition coefficient (Wildman–Crippen LogP) is 5.74. The fraction of sp³-hybridized carbons (Fsp3) is 0.474. The molecule has 0 radical (unpaired) electrons. The fourth-order valence-electron chi connectivity index (χ4n) is 4.60. The number of cyclic esters (lactones) is 2. The van der Waals surface area contributed by atoms with Crippen molar-refractivity contribution in [1.29, 1.82) is 0 Å². The van der Waals surface area contributed by atoms with Gasteiger partial charge in [0.2, 0.25) is 11.8 Å². The number of amides is 4. The van der Waals surface area contributed by atoms with E-state index in [-0.39, 0.29) is 13.2 Å². The van der Waals surface area contributed by atoms with Crippen molar-refractivity contribution in [3.8, 4) is 0 Å². The number of nitrogens with two attached hydrogens (primary N) is 2. The fourth-order valence-corrected chi connectivity index (χ4v) is 4.60. The molecule has 2 aromatic carbocycles. The monoisotopic (exact) mass is 760 g/mol. The van der Waals surface area contributed by atoms with Gasteiger partial charge in [-0.3, -0.25) is 9.59 Å². The lowest BCUT2D eigenvalue weighted by atomic mass is 9.91. The van der Waals surface area contributed by atoms with Crippen LogP contribution in [0.1, 0.15) is 65.5 Å². The average Bonchev–Trinajstić information content (AvgIpc) is 3.66. The molecule has 4 rings (SSSR count). The van der Waals surface area contributed by atoms with Crippen LogP contribution in [0.15, 0.2) is 72.8 Å². The average molecular weight is 761 g/mol. The number of rotatable bonds is 12. The lowest BCUT2D eigenvalue weighted by Gasteiger charge is -2.22. The summed E-state index contributed by atoms with van der Waals surface area (Å²) in [6.07, 6.45) is 3.02. The standard InChI is InChI=1S/C14H28.2C11H12N2O3.2CH2O3/c1-11(2)13(5)9-7-8-10-14(6)12(3)4;2*12-9(14)11(7-16-10(15)13-11)6-8-4-2-1-3-5-8;2*2-1(3)4/h7-8,11-14H,9-10H2,1-6H3;2*1-5H,6-7H2,(H2,12,14)(H,13,15);2*(H2,2,3,4)/t13-,14-;2*11-;;/m000../s1. The number of ether oxygens (including phenoxy) is 2. The molecule has 0 unspecified atom stereocenters. The summed E-state index contributed by atoms with van der Waals surface area (Å²) >= 11 is 0. The molecular weight excluding hydrogens is 704 g/mol. The van der Waals surface area contributed by atoms with E-state index >= 15 is 0 Å². The SMILES string of the molecule is CC(C)[C@@H](C)CC=CC[C@H](C)C(C)C.NC(=O)[C@]1(Cc2ccccc2)COC(=O)N1.NC(=O)[C@]1(Cc2ccccc2)COC(=O)N1.O=C(O)O.O=C(O)O. The van der Waals surface area contributed by atoms with Crippen molar-refractivity contribution in [2.45, 2.75) is 78.3 Å². The molecule has 0 bridgehead atoms. The normalized spacial score (nSPS) is 19.3. The number of primary amides is 2. The largest absolute Gasteiger partial charge is 0.503 e. The molecule has 2 saturated heterocycles. The molecule has 0 spiro atoms. The number of nitrogens with one attached hydrogen (secondary N) is 2. The summed E-state index contributed by atoms with van der Waals surface area (Å²) in [5, 5.41) is 32.8. The van der Waals surface area contributed by atoms with Crippen LogP contribution in [-0.2, 0) is 31.9 Å². The van der Waals surface area contributed by atoms with Crippen LogP contribution in [0.4, 0.5) is 19.2 Å². The molecule has 4 atom stereocenters. The molecule has 2 aliphatic heterocycles. The Balaban J connectivity index is 0.000000710. The van der Waals surface area contributed by atoms with Crippen LogP contribution in [0.2, 0.25) is 0 Å². The quantitative estimate of drug-likeness (QED) is 0.120. The number of hydrogen-bond donors (Lipinski definition) is 8. The summed E-state index contributed by atoms with van der Waals surface area (Å²) in [5.41, 5.74) is 10.2. The van der Waals surface area contributed by atoms with Crippen LogP contribution < -0.4 is 22.1 Å². The smallest absolute Gasteiger partial charge is 0.450 e. The summed E-state index contributed by atoms with van der Waals surface area (Å²) in [6.45, 7) is 13.8. The highest BCUT2D eigenvalue weighted by Crippen LogP contribution is 2.20. The second-order valence-corrected chi connectivity index (χ2v) is 13.6. The van der Waals surface area contributed by atoms with Crippen molar-refractivity contribution in [3.63, 3.8) is 0 Å². The first-order valence-electron chi connectivity index (χ1n) is 17.2. The first kappa shape index (κ1) is 48.2. The summed E-state index contributed by atoms with van der Waals surface area (Å²) in [7, 11) is 0. The number of benzene rings is 2. The van der Waals surface area contributed by atoms with Gasteiger partial charge in [-0.05, 0) is 47.6 Å². The van der Waals surface area contributed by atoms with Crippen molar-refractivity contribution < 1.29 is 58.7 Å². The maximum absolute atomic E-state index is 11.4. The Labute approximate surface area is 315 Å². The number of carboxylic acid groups (broad SMARTS) is 4. The van der Waals surface area contributed by atoms with E-state index in [1.807, 2.05) is 60.7 Å². The first-order chi connectivity index (χ1) is 25.2. The number of alkyl carbamates (subject to hydrolysis) is 2. The van der Waals surface area contributed by atoms with Gasteiger partial charge in [0.15, 0.2) is 11.1 Å². The predicted molar refractivity (Wildman–Crippen MR) is 201 cm³/mol. The second-order valence-electron chi connectivity index (χ2n) is 13.6. The molecule has 0 aromatic heterocycles. The lowest BCUT2D eigenvalue weighted by molar-refractivity contribution is -0.124. The van der Waals surface area contributed by atoms with Gasteiger partial charge in [0.05, 0.1) is 0 Å². The Bertz CT molecular complexity index is 1380. The molecule has 2 heterocycles. The number of allylic oxidation sites excluding steroid dienone is 2. The minimum atomic E-state index is -1.83. The van der Waals surface area contributed by atoms with E-state index in [0.29, 0.717) is 12.8 Å². The topological polar surface area (TPSA) is 278 Å². The van der Waals surface area contributed by atoms with E-state index in [2.05, 4.69) is 64.3 Å². The van der Waals surface area contributed by atoms with E-state index in [9.17, 15) is 19.2 Å². The first-order valence-corrected chi connectivity index (χ1v) is 17.2. The third-order valence-corrected chi connectivity index (χ3v) is 8.68. The second kappa shape index (κ2) is 24.4. The van der Waals surface area contributed by atoms with Crippen LogP contribution in [0, 0.1) is 23.7 Å². The van der Waals surface area contributed by atoms with E-state index in [1.165, 1.54) is 12.8 Å². The van der Waals surface area contributed by atoms with Gasteiger partial charge in [-0.2, -0.15) is 0 Å². The van der Waals surface area contributed by atoms with E-state index in [0.717, 1.165) is 34.8 Å². The maximum atomic E-state index is 11.4. The molecule has 0 aliphatic carbocycles. The van der Waals surface area contributed by atoms with Crippen molar-refractivity contribution in [3.05, 3.63) is 83.9 Å². The van der Waals surface area contributed by atoms with Gasteiger partial charge in [-0.15, -0.1) is 0 Å². The van der Waals surface area contributed by atoms with Crippen molar-refractivity contribution in [1.82, 2.24) is 10.6 Å². The Morgan fingerprint density at radius 1 is 0.630 bits per heavy atom. The molecule has 2 aliphatic rings. The number of carbonyl (C=O) groups is 6. The van der Waals surface area contributed by atoms with E-state index in [1.54, 1.807) is 0 Å². The molecule has 10 N–H and O–H groups in total. The summed E-state index contributed by atoms with van der Waals surface area (Å²) in [4.78, 5) is 61.9. The number of carbonyl (C=O) groups excluding carboxylic acids is 4. The summed E-state index contributed by atoms with van der Waals surface area (Å²) in [5.74, 6) is 2.09. The van der Waals surface area contributed by atoms with Crippen molar-refractivity contribution in [2.75, 3.05) is 13.2 Å². The van der Waals surface area contributed by atoms with Crippen LogP contribution in [0.25, 0.3) is 0 Å². The van der Waals surface area contributed by atoms with Gasteiger partial charge in [0.25, 0.3) is 0 Å².